The highest BCUT2D eigenvalue weighted by atomic mass is 32.2. The molecule has 1 saturated carbocycles. The van der Waals surface area contributed by atoms with Crippen LogP contribution in [0, 0.1) is 0 Å². The van der Waals surface area contributed by atoms with Crippen molar-refractivity contribution in [3.63, 3.8) is 0 Å². The van der Waals surface area contributed by atoms with Crippen LogP contribution in [0.1, 0.15) is 19.3 Å². The van der Waals surface area contributed by atoms with E-state index in [1.165, 1.54) is 0 Å². The molecule has 0 heterocycles. The van der Waals surface area contributed by atoms with Gasteiger partial charge in [-0.15, -0.1) is 0 Å². The molecule has 0 spiro atoms. The molecule has 2 aromatic carbocycles. The van der Waals surface area contributed by atoms with E-state index >= 15 is 0 Å². The first kappa shape index (κ1) is 12.6. The van der Waals surface area contributed by atoms with Gasteiger partial charge in [0.1, 0.15) is 0 Å². The van der Waals surface area contributed by atoms with Gasteiger partial charge in [0.2, 0.25) is 0 Å². The zero-order valence-electron chi connectivity index (χ0n) is 10.6. The average Bonchev–Trinajstić information content (AvgIpc) is 2.85. The predicted octanol–water partition coefficient (Wildman–Crippen LogP) is 2.49. The lowest BCUT2D eigenvalue weighted by Gasteiger charge is -2.16. The van der Waals surface area contributed by atoms with Crippen molar-refractivity contribution in [2.24, 2.45) is 5.73 Å². The van der Waals surface area contributed by atoms with Crippen LogP contribution in [-0.4, -0.2) is 19.7 Å². The van der Waals surface area contributed by atoms with Crippen LogP contribution in [0.25, 0.3) is 10.8 Å². The molecule has 19 heavy (non-hydrogen) atoms. The van der Waals surface area contributed by atoms with Crippen molar-refractivity contribution >= 4 is 20.6 Å². The molecule has 1 aliphatic carbocycles. The Morgan fingerprint density at radius 2 is 1.74 bits per heavy atom. The van der Waals surface area contributed by atoms with Crippen molar-refractivity contribution in [3.05, 3.63) is 42.5 Å². The molecule has 4 heteroatoms. The number of rotatable bonds is 2. The summed E-state index contributed by atoms with van der Waals surface area (Å²) in [5, 5.41) is 1.58. The summed E-state index contributed by atoms with van der Waals surface area (Å²) in [5.41, 5.74) is 5.94. The minimum Gasteiger partial charge on any atom is -0.327 e. The molecule has 1 aliphatic rings. The van der Waals surface area contributed by atoms with E-state index in [1.54, 1.807) is 12.1 Å². The smallest absolute Gasteiger partial charge is 0.182 e. The van der Waals surface area contributed by atoms with Gasteiger partial charge in [-0.25, -0.2) is 8.42 Å². The average molecular weight is 275 g/mol. The van der Waals surface area contributed by atoms with Crippen LogP contribution in [0.15, 0.2) is 47.4 Å². The molecule has 100 valence electrons. The Labute approximate surface area is 113 Å². The van der Waals surface area contributed by atoms with Crippen LogP contribution < -0.4 is 5.73 Å². The quantitative estimate of drug-likeness (QED) is 0.916. The number of nitrogens with two attached hydrogens (primary N) is 1. The van der Waals surface area contributed by atoms with E-state index < -0.39 is 15.1 Å². The van der Waals surface area contributed by atoms with E-state index in [1.807, 2.05) is 30.3 Å². The maximum absolute atomic E-state index is 12.6. The monoisotopic (exact) mass is 275 g/mol. The minimum atomic E-state index is -3.30. The maximum Gasteiger partial charge on any atom is 0.182 e. The Bertz CT molecular complexity index is 709. The van der Waals surface area contributed by atoms with E-state index in [4.69, 9.17) is 5.73 Å². The van der Waals surface area contributed by atoms with Crippen LogP contribution in [0.5, 0.6) is 0 Å². The molecule has 2 aromatic rings. The van der Waals surface area contributed by atoms with Gasteiger partial charge in [-0.05, 0) is 35.7 Å². The molecule has 0 bridgehead atoms. The standard InChI is InChI=1S/C15H17NO2S/c16-14-6-3-7-15(14)19(17,18)13-9-8-11-4-1-2-5-12(11)10-13/h1-2,4-5,8-10,14-15H,3,6-7,16H2. The summed E-state index contributed by atoms with van der Waals surface area (Å²) < 4.78 is 25.2. The van der Waals surface area contributed by atoms with Crippen molar-refractivity contribution in [1.29, 1.82) is 0 Å². The van der Waals surface area contributed by atoms with Gasteiger partial charge in [0.25, 0.3) is 0 Å². The van der Waals surface area contributed by atoms with Gasteiger partial charge in [0, 0.05) is 6.04 Å². The third kappa shape index (κ3) is 2.15. The maximum atomic E-state index is 12.6. The Kier molecular flexibility index (Phi) is 3.07. The second kappa shape index (κ2) is 4.62. The molecule has 0 amide bonds. The van der Waals surface area contributed by atoms with Crippen molar-refractivity contribution in [1.82, 2.24) is 0 Å². The summed E-state index contributed by atoms with van der Waals surface area (Å²) in [6.07, 6.45) is 2.38. The largest absolute Gasteiger partial charge is 0.327 e. The van der Waals surface area contributed by atoms with Gasteiger partial charge in [0.15, 0.2) is 9.84 Å². The molecule has 0 aromatic heterocycles. The Morgan fingerprint density at radius 3 is 2.42 bits per heavy atom. The van der Waals surface area contributed by atoms with Crippen LogP contribution in [-0.2, 0) is 9.84 Å². The normalized spacial score (nSPS) is 23.8. The third-order valence-corrected chi connectivity index (χ3v) is 6.25. The lowest BCUT2D eigenvalue weighted by Crippen LogP contribution is -2.35. The molecule has 3 rings (SSSR count). The SMILES string of the molecule is NC1CCCC1S(=O)(=O)c1ccc2ccccc2c1. The summed E-state index contributed by atoms with van der Waals surface area (Å²) >= 11 is 0. The van der Waals surface area contributed by atoms with Crippen LogP contribution >= 0.6 is 0 Å². The minimum absolute atomic E-state index is 0.225. The molecule has 2 unspecified atom stereocenters. The Hall–Kier alpha value is -1.39. The fourth-order valence-electron chi connectivity index (χ4n) is 2.86. The van der Waals surface area contributed by atoms with Gasteiger partial charge in [-0.2, -0.15) is 0 Å². The fraction of sp³-hybridized carbons (Fsp3) is 0.333. The van der Waals surface area contributed by atoms with Crippen LogP contribution in [0.4, 0.5) is 0 Å². The van der Waals surface area contributed by atoms with Crippen molar-refractivity contribution in [3.8, 4) is 0 Å². The van der Waals surface area contributed by atoms with Crippen LogP contribution in [0.2, 0.25) is 0 Å². The third-order valence-electron chi connectivity index (χ3n) is 3.95. The van der Waals surface area contributed by atoms with E-state index in [0.29, 0.717) is 11.3 Å². The number of fused-ring (bicyclic) bond motifs is 1. The molecule has 0 aliphatic heterocycles. The van der Waals surface area contributed by atoms with E-state index in [0.717, 1.165) is 23.6 Å². The van der Waals surface area contributed by atoms with E-state index in [9.17, 15) is 8.42 Å². The molecule has 0 saturated heterocycles. The molecule has 2 N–H and O–H groups in total. The Morgan fingerprint density at radius 1 is 1.00 bits per heavy atom. The summed E-state index contributed by atoms with van der Waals surface area (Å²) in [7, 11) is -3.30. The predicted molar refractivity (Wildman–Crippen MR) is 76.7 cm³/mol. The van der Waals surface area contributed by atoms with Crippen LogP contribution in [0.3, 0.4) is 0 Å². The fourth-order valence-corrected chi connectivity index (χ4v) is 4.83. The highest BCUT2D eigenvalue weighted by Crippen LogP contribution is 2.30. The zero-order chi connectivity index (χ0) is 13.5. The lowest BCUT2D eigenvalue weighted by molar-refractivity contribution is 0.568. The zero-order valence-corrected chi connectivity index (χ0v) is 11.4. The van der Waals surface area contributed by atoms with Gasteiger partial charge in [0.05, 0.1) is 10.1 Å². The second-order valence-electron chi connectivity index (χ2n) is 5.19. The van der Waals surface area contributed by atoms with Gasteiger partial charge >= 0.3 is 0 Å². The summed E-state index contributed by atoms with van der Waals surface area (Å²) in [6, 6.07) is 12.9. The Balaban J connectivity index is 2.08. The highest BCUT2D eigenvalue weighted by Gasteiger charge is 2.36. The second-order valence-corrected chi connectivity index (χ2v) is 7.35. The van der Waals surface area contributed by atoms with Gasteiger partial charge < -0.3 is 5.73 Å². The van der Waals surface area contributed by atoms with Crippen molar-refractivity contribution < 1.29 is 8.42 Å². The number of hydrogen-bond acceptors (Lipinski definition) is 3. The molecule has 2 atom stereocenters. The first-order valence-electron chi connectivity index (χ1n) is 6.57. The summed E-state index contributed by atoms with van der Waals surface area (Å²) in [6.45, 7) is 0. The summed E-state index contributed by atoms with van der Waals surface area (Å²) in [4.78, 5) is 0.397. The highest BCUT2D eigenvalue weighted by molar-refractivity contribution is 7.92. The number of benzene rings is 2. The van der Waals surface area contributed by atoms with Crippen molar-refractivity contribution in [2.75, 3.05) is 0 Å². The molecule has 0 radical (unpaired) electrons. The molecule has 3 nitrogen and oxygen atoms in total. The molecular formula is C15H17NO2S. The molecular weight excluding hydrogens is 258 g/mol. The van der Waals surface area contributed by atoms with Crippen molar-refractivity contribution in [2.45, 2.75) is 35.4 Å². The molecule has 1 fully saturated rings. The lowest BCUT2D eigenvalue weighted by atomic mass is 10.1. The van der Waals surface area contributed by atoms with Gasteiger partial charge in [-0.1, -0.05) is 36.8 Å². The number of sulfone groups is 1. The topological polar surface area (TPSA) is 60.2 Å². The first-order valence-corrected chi connectivity index (χ1v) is 8.12. The first-order chi connectivity index (χ1) is 9.09. The van der Waals surface area contributed by atoms with Gasteiger partial charge in [-0.3, -0.25) is 0 Å². The number of hydrogen-bond donors (Lipinski definition) is 1. The summed E-state index contributed by atoms with van der Waals surface area (Å²) in [5.74, 6) is 0. The van der Waals surface area contributed by atoms with E-state index in [2.05, 4.69) is 0 Å². The van der Waals surface area contributed by atoms with E-state index in [-0.39, 0.29) is 6.04 Å².